The largest absolute Gasteiger partial charge is 0.481 e. The van der Waals surface area contributed by atoms with Gasteiger partial charge < -0.3 is 10.4 Å². The summed E-state index contributed by atoms with van der Waals surface area (Å²) < 4.78 is 0. The summed E-state index contributed by atoms with van der Waals surface area (Å²) in [6, 6.07) is 0.174. The van der Waals surface area contributed by atoms with Crippen LogP contribution in [0.15, 0.2) is 0 Å². The number of aliphatic carboxylic acids is 1. The van der Waals surface area contributed by atoms with E-state index in [1.807, 2.05) is 0 Å². The van der Waals surface area contributed by atoms with Gasteiger partial charge in [-0.15, -0.1) is 0 Å². The summed E-state index contributed by atoms with van der Waals surface area (Å²) in [4.78, 5) is 22.8. The molecule has 0 aromatic heterocycles. The standard InChI is InChI=1S/C15H27NO3/c1-4-11(10(2)3)9-14(17)16-13-7-5-12(6-8-13)15(18)19/h10-13H,4-9H2,1-3H3,(H,16,17)(H,18,19). The second-order valence-corrected chi connectivity index (χ2v) is 6.07. The molecule has 0 spiro atoms. The molecular weight excluding hydrogens is 242 g/mol. The van der Waals surface area contributed by atoms with Crippen LogP contribution < -0.4 is 5.32 Å². The lowest BCUT2D eigenvalue weighted by atomic mass is 9.85. The van der Waals surface area contributed by atoms with E-state index in [0.717, 1.165) is 19.3 Å². The van der Waals surface area contributed by atoms with Crippen molar-refractivity contribution in [2.24, 2.45) is 17.8 Å². The van der Waals surface area contributed by atoms with Crippen molar-refractivity contribution in [3.05, 3.63) is 0 Å². The fourth-order valence-corrected chi connectivity index (χ4v) is 2.86. The highest BCUT2D eigenvalue weighted by Crippen LogP contribution is 2.25. The van der Waals surface area contributed by atoms with Gasteiger partial charge in [-0.25, -0.2) is 0 Å². The Hall–Kier alpha value is -1.06. The number of carboxylic acid groups (broad SMARTS) is 1. The molecule has 0 heterocycles. The first-order chi connectivity index (χ1) is 8.93. The van der Waals surface area contributed by atoms with E-state index >= 15 is 0 Å². The molecule has 1 amide bonds. The highest BCUT2D eigenvalue weighted by atomic mass is 16.4. The van der Waals surface area contributed by atoms with Gasteiger partial charge in [0.05, 0.1) is 5.92 Å². The first-order valence-corrected chi connectivity index (χ1v) is 7.46. The number of carbonyl (C=O) groups excluding carboxylic acids is 1. The molecule has 2 N–H and O–H groups in total. The molecular formula is C15H27NO3. The molecule has 1 atom stereocenters. The van der Waals surface area contributed by atoms with E-state index in [9.17, 15) is 9.59 Å². The SMILES string of the molecule is CCC(CC(=O)NC1CCC(C(=O)O)CC1)C(C)C. The van der Waals surface area contributed by atoms with Gasteiger partial charge in [0.1, 0.15) is 0 Å². The van der Waals surface area contributed by atoms with Crippen molar-refractivity contribution in [1.29, 1.82) is 0 Å². The Kier molecular flexibility index (Phi) is 6.32. The molecule has 1 rings (SSSR count). The second-order valence-electron chi connectivity index (χ2n) is 6.07. The van der Waals surface area contributed by atoms with Gasteiger partial charge >= 0.3 is 5.97 Å². The van der Waals surface area contributed by atoms with Crippen LogP contribution in [0.2, 0.25) is 0 Å². The van der Waals surface area contributed by atoms with Crippen molar-refractivity contribution >= 4 is 11.9 Å². The van der Waals surface area contributed by atoms with E-state index in [1.165, 1.54) is 0 Å². The molecule has 4 heteroatoms. The lowest BCUT2D eigenvalue weighted by Gasteiger charge is -2.28. The van der Waals surface area contributed by atoms with E-state index in [0.29, 0.717) is 31.1 Å². The van der Waals surface area contributed by atoms with Gasteiger partial charge in [0.2, 0.25) is 5.91 Å². The molecule has 1 aliphatic carbocycles. The maximum Gasteiger partial charge on any atom is 0.306 e. The predicted molar refractivity (Wildman–Crippen MR) is 74.8 cm³/mol. The topological polar surface area (TPSA) is 66.4 Å². The van der Waals surface area contributed by atoms with Crippen LogP contribution in [0.5, 0.6) is 0 Å². The van der Waals surface area contributed by atoms with Gasteiger partial charge in [0.15, 0.2) is 0 Å². The van der Waals surface area contributed by atoms with Crippen LogP contribution in [0.1, 0.15) is 59.3 Å². The lowest BCUT2D eigenvalue weighted by molar-refractivity contribution is -0.142. The minimum atomic E-state index is -0.698. The van der Waals surface area contributed by atoms with Crippen LogP contribution in [0.25, 0.3) is 0 Å². The van der Waals surface area contributed by atoms with Crippen molar-refractivity contribution < 1.29 is 14.7 Å². The van der Waals surface area contributed by atoms with Crippen LogP contribution in [-0.4, -0.2) is 23.0 Å². The summed E-state index contributed by atoms with van der Waals surface area (Å²) >= 11 is 0. The van der Waals surface area contributed by atoms with Crippen molar-refractivity contribution in [3.8, 4) is 0 Å². The van der Waals surface area contributed by atoms with Gasteiger partial charge in [-0.1, -0.05) is 27.2 Å². The van der Waals surface area contributed by atoms with E-state index in [1.54, 1.807) is 0 Å². The maximum atomic E-state index is 12.0. The Bertz CT molecular complexity index is 307. The van der Waals surface area contributed by atoms with Gasteiger partial charge in [0, 0.05) is 12.5 Å². The highest BCUT2D eigenvalue weighted by Gasteiger charge is 2.27. The number of hydrogen-bond acceptors (Lipinski definition) is 2. The molecule has 19 heavy (non-hydrogen) atoms. The number of nitrogens with one attached hydrogen (secondary N) is 1. The molecule has 0 bridgehead atoms. The molecule has 1 unspecified atom stereocenters. The highest BCUT2D eigenvalue weighted by molar-refractivity contribution is 5.76. The Morgan fingerprint density at radius 2 is 1.79 bits per heavy atom. The normalized spacial score (nSPS) is 25.1. The minimum Gasteiger partial charge on any atom is -0.481 e. The molecule has 0 aromatic rings. The van der Waals surface area contributed by atoms with E-state index in [-0.39, 0.29) is 17.9 Å². The summed E-state index contributed by atoms with van der Waals surface area (Å²) in [5, 5.41) is 12.0. The molecule has 0 radical (unpaired) electrons. The number of carboxylic acids is 1. The molecule has 1 aliphatic rings. The van der Waals surface area contributed by atoms with Gasteiger partial charge in [-0.3, -0.25) is 9.59 Å². The van der Waals surface area contributed by atoms with Crippen molar-refractivity contribution in [2.45, 2.75) is 65.3 Å². The fourth-order valence-electron chi connectivity index (χ4n) is 2.86. The zero-order valence-electron chi connectivity index (χ0n) is 12.3. The summed E-state index contributed by atoms with van der Waals surface area (Å²) in [6.45, 7) is 6.43. The Morgan fingerprint density at radius 3 is 2.21 bits per heavy atom. The molecule has 0 saturated heterocycles. The van der Waals surface area contributed by atoms with Crippen LogP contribution in [-0.2, 0) is 9.59 Å². The molecule has 1 saturated carbocycles. The number of carbonyl (C=O) groups is 2. The molecule has 110 valence electrons. The lowest BCUT2D eigenvalue weighted by Crippen LogP contribution is -2.39. The van der Waals surface area contributed by atoms with Gasteiger partial charge in [-0.05, 0) is 37.5 Å². The first-order valence-electron chi connectivity index (χ1n) is 7.46. The van der Waals surface area contributed by atoms with E-state index < -0.39 is 5.97 Å². The second kappa shape index (κ2) is 7.51. The summed E-state index contributed by atoms with van der Waals surface area (Å²) in [5.41, 5.74) is 0. The van der Waals surface area contributed by atoms with E-state index in [2.05, 4.69) is 26.1 Å². The third-order valence-electron chi connectivity index (χ3n) is 4.36. The average Bonchev–Trinajstić information content (AvgIpc) is 2.36. The molecule has 4 nitrogen and oxygen atoms in total. The summed E-state index contributed by atoms with van der Waals surface area (Å²) in [6.07, 6.45) is 4.57. The van der Waals surface area contributed by atoms with Crippen molar-refractivity contribution in [1.82, 2.24) is 5.32 Å². The zero-order chi connectivity index (χ0) is 14.4. The number of hydrogen-bond donors (Lipinski definition) is 2. The van der Waals surface area contributed by atoms with Crippen LogP contribution in [0, 0.1) is 17.8 Å². The van der Waals surface area contributed by atoms with Crippen LogP contribution in [0.4, 0.5) is 0 Å². The van der Waals surface area contributed by atoms with Gasteiger partial charge in [0.25, 0.3) is 0 Å². The van der Waals surface area contributed by atoms with Crippen molar-refractivity contribution in [3.63, 3.8) is 0 Å². The minimum absolute atomic E-state index is 0.124. The van der Waals surface area contributed by atoms with E-state index in [4.69, 9.17) is 5.11 Å². The quantitative estimate of drug-likeness (QED) is 0.779. The van der Waals surface area contributed by atoms with Crippen LogP contribution >= 0.6 is 0 Å². The first kappa shape index (κ1) is 16.0. The smallest absolute Gasteiger partial charge is 0.306 e. The Balaban J connectivity index is 2.32. The Morgan fingerprint density at radius 1 is 1.21 bits per heavy atom. The Labute approximate surface area is 116 Å². The number of rotatable bonds is 6. The third-order valence-corrected chi connectivity index (χ3v) is 4.36. The molecule has 1 fully saturated rings. The van der Waals surface area contributed by atoms with Gasteiger partial charge in [-0.2, -0.15) is 0 Å². The monoisotopic (exact) mass is 269 g/mol. The summed E-state index contributed by atoms with van der Waals surface area (Å²) in [5.74, 6) is 0.177. The average molecular weight is 269 g/mol. The third kappa shape index (κ3) is 5.21. The van der Waals surface area contributed by atoms with Crippen LogP contribution in [0.3, 0.4) is 0 Å². The maximum absolute atomic E-state index is 12.0. The van der Waals surface area contributed by atoms with Crippen molar-refractivity contribution in [2.75, 3.05) is 0 Å². The zero-order valence-corrected chi connectivity index (χ0v) is 12.3. The number of amides is 1. The fraction of sp³-hybridized carbons (Fsp3) is 0.867. The molecule has 0 aliphatic heterocycles. The predicted octanol–water partition coefficient (Wildman–Crippen LogP) is 2.82. The summed E-state index contributed by atoms with van der Waals surface area (Å²) in [7, 11) is 0. The molecule has 0 aromatic carbocycles.